The average Bonchev–Trinajstić information content (AvgIpc) is 2.59. The van der Waals surface area contributed by atoms with Crippen LogP contribution in [0.25, 0.3) is 5.73 Å². The van der Waals surface area contributed by atoms with E-state index in [1.54, 1.807) is 19.2 Å². The molecule has 1 radical (unpaired) electrons. The molecule has 0 spiro atoms. The first-order chi connectivity index (χ1) is 11.4. The molecule has 25 heavy (non-hydrogen) atoms. The summed E-state index contributed by atoms with van der Waals surface area (Å²) in [6, 6.07) is 15.6. The SMILES string of the molecule is COc1cc(C([NH-])=O)ccc1N(C)[C@H](CN(C)C)c1ccccc1.[Pr]. The number of nitrogens with one attached hydrogen (secondary N) is 1. The maximum absolute atomic E-state index is 11.3. The molecule has 131 valence electrons. The van der Waals surface area contributed by atoms with Crippen molar-refractivity contribution in [3.05, 3.63) is 65.4 Å². The van der Waals surface area contributed by atoms with Gasteiger partial charge >= 0.3 is 0 Å². The van der Waals surface area contributed by atoms with Gasteiger partial charge in [-0.2, -0.15) is 0 Å². The molecule has 0 aliphatic rings. The second kappa shape index (κ2) is 10.1. The summed E-state index contributed by atoms with van der Waals surface area (Å²) in [6.45, 7) is 0.836. The van der Waals surface area contributed by atoms with Crippen molar-refractivity contribution in [2.75, 3.05) is 39.7 Å². The Bertz CT molecular complexity index is 692. The predicted octanol–water partition coefficient (Wildman–Crippen LogP) is 3.63. The summed E-state index contributed by atoms with van der Waals surface area (Å²) < 4.78 is 5.46. The first kappa shape index (κ1) is 21.9. The maximum Gasteiger partial charge on any atom is 0.142 e. The van der Waals surface area contributed by atoms with Crippen molar-refractivity contribution in [3.63, 3.8) is 0 Å². The van der Waals surface area contributed by atoms with Gasteiger partial charge in [0.2, 0.25) is 0 Å². The van der Waals surface area contributed by atoms with E-state index in [1.807, 2.05) is 45.4 Å². The van der Waals surface area contributed by atoms with Crippen molar-refractivity contribution >= 4 is 11.6 Å². The third-order valence-corrected chi connectivity index (χ3v) is 4.01. The molecule has 0 saturated heterocycles. The van der Waals surface area contributed by atoms with Gasteiger partial charge in [-0.15, -0.1) is 0 Å². The van der Waals surface area contributed by atoms with Crippen molar-refractivity contribution in [2.45, 2.75) is 6.04 Å². The van der Waals surface area contributed by atoms with E-state index in [0.717, 1.165) is 12.2 Å². The van der Waals surface area contributed by atoms with Crippen LogP contribution in [0, 0.1) is 41.3 Å². The number of hydrogen-bond donors (Lipinski definition) is 0. The van der Waals surface area contributed by atoms with Crippen LogP contribution in [0.2, 0.25) is 0 Å². The van der Waals surface area contributed by atoms with E-state index in [2.05, 4.69) is 21.9 Å². The Labute approximate surface area is 183 Å². The number of likely N-dealkylation sites (N-methyl/N-ethyl adjacent to an activating group) is 2. The third kappa shape index (κ3) is 5.66. The molecule has 0 aliphatic heterocycles. The van der Waals surface area contributed by atoms with Gasteiger partial charge in [0.25, 0.3) is 0 Å². The molecule has 0 saturated carbocycles. The van der Waals surface area contributed by atoms with Crippen LogP contribution in [-0.4, -0.2) is 45.6 Å². The summed E-state index contributed by atoms with van der Waals surface area (Å²) in [5.41, 5.74) is 9.68. The summed E-state index contributed by atoms with van der Waals surface area (Å²) in [6.07, 6.45) is 0. The zero-order valence-corrected chi connectivity index (χ0v) is 18.9. The van der Waals surface area contributed by atoms with Crippen LogP contribution in [0.1, 0.15) is 22.0 Å². The maximum atomic E-state index is 11.3. The number of methoxy groups -OCH3 is 1. The first-order valence-electron chi connectivity index (χ1n) is 7.80. The molecule has 1 amide bonds. The fourth-order valence-corrected chi connectivity index (χ4v) is 2.75. The Morgan fingerprint density at radius 3 is 2.28 bits per heavy atom. The molecule has 0 aliphatic carbocycles. The normalized spacial score (nSPS) is 11.6. The van der Waals surface area contributed by atoms with E-state index in [1.165, 1.54) is 5.56 Å². The minimum Gasteiger partial charge on any atom is -0.664 e. The van der Waals surface area contributed by atoms with Crippen LogP contribution in [-0.2, 0) is 0 Å². The summed E-state index contributed by atoms with van der Waals surface area (Å²) in [4.78, 5) is 15.6. The van der Waals surface area contributed by atoms with Crippen molar-refractivity contribution in [1.82, 2.24) is 4.90 Å². The van der Waals surface area contributed by atoms with Gasteiger partial charge in [0.1, 0.15) is 5.75 Å². The summed E-state index contributed by atoms with van der Waals surface area (Å²) >= 11 is 0. The molecular formula is C19H24N3O2Pr-. The van der Waals surface area contributed by atoms with Crippen LogP contribution >= 0.6 is 0 Å². The predicted molar refractivity (Wildman–Crippen MR) is 97.8 cm³/mol. The van der Waals surface area contributed by atoms with E-state index in [4.69, 9.17) is 10.5 Å². The Morgan fingerprint density at radius 1 is 1.12 bits per heavy atom. The van der Waals surface area contributed by atoms with Gasteiger partial charge in [-0.25, -0.2) is 0 Å². The summed E-state index contributed by atoms with van der Waals surface area (Å²) in [5, 5.41) is 0. The molecular weight excluding hydrogens is 443 g/mol. The van der Waals surface area contributed by atoms with Crippen LogP contribution in [0.5, 0.6) is 5.75 Å². The minimum atomic E-state index is -0.713. The van der Waals surface area contributed by atoms with Crippen LogP contribution < -0.4 is 9.64 Å². The third-order valence-electron chi connectivity index (χ3n) is 4.01. The topological polar surface area (TPSA) is 56.6 Å². The molecule has 0 fully saturated rings. The molecule has 2 rings (SSSR count). The van der Waals surface area contributed by atoms with E-state index in [9.17, 15) is 4.79 Å². The Hall–Kier alpha value is -1.17. The Balaban J connectivity index is 0.00000312. The zero-order chi connectivity index (χ0) is 17.7. The molecule has 2 aromatic carbocycles. The van der Waals surface area contributed by atoms with Gasteiger partial charge in [0.05, 0.1) is 24.7 Å². The van der Waals surface area contributed by atoms with Crippen LogP contribution in [0.15, 0.2) is 48.5 Å². The molecule has 0 aromatic heterocycles. The summed E-state index contributed by atoms with van der Waals surface area (Å²) in [7, 11) is 7.68. The molecule has 0 heterocycles. The number of anilines is 1. The fraction of sp³-hybridized carbons (Fsp3) is 0.316. The van der Waals surface area contributed by atoms with Gasteiger partial charge in [-0.3, -0.25) is 0 Å². The number of carbonyl (C=O) groups excluding carboxylic acids is 1. The van der Waals surface area contributed by atoms with E-state index < -0.39 is 5.91 Å². The average molecular weight is 467 g/mol. The fourth-order valence-electron chi connectivity index (χ4n) is 2.75. The van der Waals surface area contributed by atoms with Gasteiger partial charge in [0, 0.05) is 60.4 Å². The molecule has 6 heteroatoms. The van der Waals surface area contributed by atoms with Crippen LogP contribution in [0.3, 0.4) is 0 Å². The first-order valence-corrected chi connectivity index (χ1v) is 7.80. The van der Waals surface area contributed by atoms with Gasteiger partial charge in [-0.1, -0.05) is 36.4 Å². The molecule has 5 nitrogen and oxygen atoms in total. The molecule has 2 aromatic rings. The van der Waals surface area contributed by atoms with Crippen molar-refractivity contribution in [1.29, 1.82) is 0 Å². The molecule has 1 N–H and O–H groups in total. The number of carbonyl (C=O) groups is 1. The summed E-state index contributed by atoms with van der Waals surface area (Å²) in [5.74, 6) is -0.120. The Kier molecular flexibility index (Phi) is 8.84. The number of ether oxygens (including phenoxy) is 1. The quantitative estimate of drug-likeness (QED) is 0.625. The van der Waals surface area contributed by atoms with Gasteiger partial charge < -0.3 is 25.1 Å². The van der Waals surface area contributed by atoms with Gasteiger partial charge in [0.15, 0.2) is 0 Å². The second-order valence-corrected chi connectivity index (χ2v) is 6.02. The van der Waals surface area contributed by atoms with E-state index in [-0.39, 0.29) is 47.3 Å². The van der Waals surface area contributed by atoms with E-state index >= 15 is 0 Å². The van der Waals surface area contributed by atoms with Crippen LogP contribution in [0.4, 0.5) is 5.69 Å². The zero-order valence-electron chi connectivity index (χ0n) is 15.2. The standard InChI is InChI=1S/C19H25N3O2.Pr/c1-21(2)13-17(14-8-6-5-7-9-14)22(3)16-11-10-15(19(20)23)12-18(16)24-4;/h5-12,17H,13H2,1-4H3,(H2,20,23);/p-1/t17-;/m1./s1. The van der Waals surface area contributed by atoms with Crippen molar-refractivity contribution < 1.29 is 50.8 Å². The van der Waals surface area contributed by atoms with Crippen molar-refractivity contribution in [2.24, 2.45) is 0 Å². The largest absolute Gasteiger partial charge is 0.664 e. The monoisotopic (exact) mass is 467 g/mol. The molecule has 0 unspecified atom stereocenters. The van der Waals surface area contributed by atoms with Gasteiger partial charge in [-0.05, 0) is 31.8 Å². The van der Waals surface area contributed by atoms with E-state index in [0.29, 0.717) is 11.3 Å². The minimum absolute atomic E-state index is 0. The molecule has 1 atom stereocenters. The second-order valence-electron chi connectivity index (χ2n) is 6.02. The number of rotatable bonds is 7. The number of nitrogens with zero attached hydrogens (tertiary/aromatic N) is 2. The Morgan fingerprint density at radius 2 is 1.76 bits per heavy atom. The number of benzene rings is 2. The number of amides is 1. The smallest absolute Gasteiger partial charge is 0.142 e. The number of hydrogen-bond acceptors (Lipinski definition) is 4. The van der Waals surface area contributed by atoms with Crippen molar-refractivity contribution in [3.8, 4) is 5.75 Å². The molecule has 0 bridgehead atoms.